The molecule has 0 aliphatic rings. The molecule has 0 spiro atoms. The number of nitrogens with one attached hydrogen (secondary N) is 1. The van der Waals surface area contributed by atoms with Gasteiger partial charge >= 0.3 is 0 Å². The Morgan fingerprint density at radius 3 is 2.44 bits per heavy atom. The van der Waals surface area contributed by atoms with Crippen molar-refractivity contribution in [1.82, 2.24) is 10.2 Å². The molecule has 2 aromatic carbocycles. The third-order valence-electron chi connectivity index (χ3n) is 3.54. The summed E-state index contributed by atoms with van der Waals surface area (Å²) >= 11 is 5.89. The second-order valence-electron chi connectivity index (χ2n) is 5.14. The van der Waals surface area contributed by atoms with E-state index in [0.717, 1.165) is 5.56 Å². The molecule has 0 saturated carbocycles. The number of aromatic amines is 1. The SMILES string of the molecule is N#C/C(=C/c1cn[nH]c1-c1ccc(Cl)cc1)S(=O)(=O)c1ccccc1. The van der Waals surface area contributed by atoms with Crippen molar-refractivity contribution in [3.05, 3.63) is 76.3 Å². The molecule has 0 aliphatic heterocycles. The molecular formula is C18H12ClN3O2S. The van der Waals surface area contributed by atoms with Crippen LogP contribution in [0.4, 0.5) is 0 Å². The molecule has 7 heteroatoms. The molecule has 3 rings (SSSR count). The minimum atomic E-state index is -3.90. The Kier molecular flexibility index (Phi) is 4.70. The Morgan fingerprint density at radius 1 is 1.12 bits per heavy atom. The van der Waals surface area contributed by atoms with Crippen molar-refractivity contribution < 1.29 is 8.42 Å². The summed E-state index contributed by atoms with van der Waals surface area (Å²) in [5, 5.41) is 16.7. The number of aromatic nitrogens is 2. The molecule has 1 heterocycles. The lowest BCUT2D eigenvalue weighted by molar-refractivity contribution is 0.603. The maximum absolute atomic E-state index is 12.6. The van der Waals surface area contributed by atoms with Crippen LogP contribution in [0.25, 0.3) is 17.3 Å². The summed E-state index contributed by atoms with van der Waals surface area (Å²) in [4.78, 5) is -0.283. The van der Waals surface area contributed by atoms with E-state index in [-0.39, 0.29) is 9.80 Å². The predicted octanol–water partition coefficient (Wildman–Crippen LogP) is 4.07. The predicted molar refractivity (Wildman–Crippen MR) is 96.3 cm³/mol. The minimum absolute atomic E-state index is 0.0688. The summed E-state index contributed by atoms with van der Waals surface area (Å²) in [6.07, 6.45) is 2.79. The molecule has 0 aliphatic carbocycles. The van der Waals surface area contributed by atoms with Crippen molar-refractivity contribution in [2.45, 2.75) is 4.90 Å². The number of nitrogens with zero attached hydrogens (tertiary/aromatic N) is 2. The van der Waals surface area contributed by atoms with Gasteiger partial charge in [0.25, 0.3) is 0 Å². The highest BCUT2D eigenvalue weighted by atomic mass is 35.5. The van der Waals surface area contributed by atoms with E-state index in [9.17, 15) is 13.7 Å². The molecular weight excluding hydrogens is 358 g/mol. The first-order valence-electron chi connectivity index (χ1n) is 7.23. The van der Waals surface area contributed by atoms with Gasteiger partial charge in [-0.25, -0.2) is 8.42 Å². The zero-order chi connectivity index (χ0) is 17.9. The van der Waals surface area contributed by atoms with Gasteiger partial charge in [0.1, 0.15) is 11.0 Å². The summed E-state index contributed by atoms with van der Waals surface area (Å²) in [6, 6.07) is 16.6. The van der Waals surface area contributed by atoms with Gasteiger partial charge in [-0.15, -0.1) is 0 Å². The fourth-order valence-electron chi connectivity index (χ4n) is 2.29. The zero-order valence-electron chi connectivity index (χ0n) is 12.8. The fourth-order valence-corrected chi connectivity index (χ4v) is 3.59. The van der Waals surface area contributed by atoms with E-state index < -0.39 is 9.84 Å². The van der Waals surface area contributed by atoms with E-state index in [1.807, 2.05) is 0 Å². The van der Waals surface area contributed by atoms with Crippen LogP contribution in [-0.2, 0) is 9.84 Å². The Hall–Kier alpha value is -2.88. The van der Waals surface area contributed by atoms with Gasteiger partial charge in [0.2, 0.25) is 9.84 Å². The molecule has 5 nitrogen and oxygen atoms in total. The Labute approximate surface area is 150 Å². The lowest BCUT2D eigenvalue weighted by Crippen LogP contribution is -2.03. The van der Waals surface area contributed by atoms with Crippen molar-refractivity contribution in [3.63, 3.8) is 0 Å². The van der Waals surface area contributed by atoms with Gasteiger partial charge in [0, 0.05) is 16.1 Å². The lowest BCUT2D eigenvalue weighted by Gasteiger charge is -2.04. The van der Waals surface area contributed by atoms with Gasteiger partial charge in [-0.05, 0) is 30.3 Å². The first-order chi connectivity index (χ1) is 12.0. The number of benzene rings is 2. The van der Waals surface area contributed by atoms with Crippen LogP contribution in [-0.4, -0.2) is 18.6 Å². The molecule has 0 saturated heterocycles. The number of nitriles is 1. The summed E-state index contributed by atoms with van der Waals surface area (Å²) in [6.45, 7) is 0. The number of sulfone groups is 1. The number of allylic oxidation sites excluding steroid dienone is 1. The topological polar surface area (TPSA) is 86.6 Å². The van der Waals surface area contributed by atoms with Gasteiger partial charge in [-0.3, -0.25) is 5.10 Å². The Morgan fingerprint density at radius 2 is 1.80 bits per heavy atom. The highest BCUT2D eigenvalue weighted by Crippen LogP contribution is 2.27. The smallest absolute Gasteiger partial charge is 0.216 e. The zero-order valence-corrected chi connectivity index (χ0v) is 14.4. The van der Waals surface area contributed by atoms with Crippen LogP contribution < -0.4 is 0 Å². The standard InChI is InChI=1S/C18H12ClN3O2S/c19-15-8-6-13(7-9-15)18-14(12-21-22-18)10-17(11-20)25(23,24)16-4-2-1-3-5-16/h1-10,12H,(H,21,22)/b17-10-. The van der Waals surface area contributed by atoms with E-state index in [2.05, 4.69) is 10.2 Å². The van der Waals surface area contributed by atoms with Crippen LogP contribution >= 0.6 is 11.6 Å². The summed E-state index contributed by atoms with van der Waals surface area (Å²) in [7, 11) is -3.90. The Balaban J connectivity index is 2.07. The highest BCUT2D eigenvalue weighted by Gasteiger charge is 2.21. The molecule has 124 valence electrons. The third kappa shape index (κ3) is 3.48. The first kappa shape index (κ1) is 17.0. The summed E-state index contributed by atoms with van der Waals surface area (Å²) in [5.41, 5.74) is 1.88. The average Bonchev–Trinajstić information content (AvgIpc) is 3.09. The third-order valence-corrected chi connectivity index (χ3v) is 5.47. The number of hydrogen-bond acceptors (Lipinski definition) is 4. The van der Waals surface area contributed by atoms with Crippen molar-refractivity contribution >= 4 is 27.5 Å². The van der Waals surface area contributed by atoms with Crippen LogP contribution in [0.15, 0.2) is 70.6 Å². The van der Waals surface area contributed by atoms with Crippen molar-refractivity contribution in [3.8, 4) is 17.3 Å². The molecule has 1 N–H and O–H groups in total. The molecule has 0 radical (unpaired) electrons. The number of hydrogen-bond donors (Lipinski definition) is 1. The number of H-pyrrole nitrogens is 1. The number of rotatable bonds is 4. The second kappa shape index (κ2) is 6.93. The van der Waals surface area contributed by atoms with Crippen LogP contribution in [0.5, 0.6) is 0 Å². The van der Waals surface area contributed by atoms with Gasteiger partial charge in [0.05, 0.1) is 16.8 Å². The van der Waals surface area contributed by atoms with Crippen LogP contribution in [0.2, 0.25) is 5.02 Å². The Bertz CT molecular complexity index is 1060. The summed E-state index contributed by atoms with van der Waals surface area (Å²) in [5.74, 6) is 0. The van der Waals surface area contributed by atoms with E-state index in [4.69, 9.17) is 11.6 Å². The molecule has 0 unspecified atom stereocenters. The van der Waals surface area contributed by atoms with Crippen molar-refractivity contribution in [2.75, 3.05) is 0 Å². The van der Waals surface area contributed by atoms with Crippen LogP contribution in [0.3, 0.4) is 0 Å². The summed E-state index contributed by atoms with van der Waals surface area (Å²) < 4.78 is 25.3. The lowest BCUT2D eigenvalue weighted by atomic mass is 10.1. The monoisotopic (exact) mass is 369 g/mol. The van der Waals surface area contributed by atoms with Gasteiger partial charge in [-0.1, -0.05) is 41.9 Å². The average molecular weight is 370 g/mol. The van der Waals surface area contributed by atoms with Crippen molar-refractivity contribution in [2.24, 2.45) is 0 Å². The molecule has 1 aromatic heterocycles. The molecule has 0 atom stereocenters. The highest BCUT2D eigenvalue weighted by molar-refractivity contribution is 7.95. The largest absolute Gasteiger partial charge is 0.277 e. The number of halogens is 1. The normalized spacial score (nSPS) is 11.9. The molecule has 3 aromatic rings. The molecule has 0 fully saturated rings. The second-order valence-corrected chi connectivity index (χ2v) is 7.50. The molecule has 0 amide bonds. The van der Waals surface area contributed by atoms with E-state index in [0.29, 0.717) is 16.3 Å². The van der Waals surface area contributed by atoms with E-state index in [1.54, 1.807) is 48.5 Å². The van der Waals surface area contributed by atoms with E-state index >= 15 is 0 Å². The van der Waals surface area contributed by atoms with E-state index in [1.165, 1.54) is 24.4 Å². The van der Waals surface area contributed by atoms with Gasteiger partial charge < -0.3 is 0 Å². The molecule has 25 heavy (non-hydrogen) atoms. The maximum Gasteiger partial charge on any atom is 0.216 e. The fraction of sp³-hybridized carbons (Fsp3) is 0. The van der Waals surface area contributed by atoms with Gasteiger partial charge in [-0.2, -0.15) is 10.4 Å². The van der Waals surface area contributed by atoms with Crippen LogP contribution in [0, 0.1) is 11.3 Å². The minimum Gasteiger partial charge on any atom is -0.277 e. The first-order valence-corrected chi connectivity index (χ1v) is 9.10. The molecule has 0 bridgehead atoms. The van der Waals surface area contributed by atoms with Crippen LogP contribution in [0.1, 0.15) is 5.56 Å². The van der Waals surface area contributed by atoms with Crippen molar-refractivity contribution in [1.29, 1.82) is 5.26 Å². The quantitative estimate of drug-likeness (QED) is 0.702. The van der Waals surface area contributed by atoms with Gasteiger partial charge in [0.15, 0.2) is 0 Å². The maximum atomic E-state index is 12.6.